The lowest BCUT2D eigenvalue weighted by atomic mass is 9.98. The van der Waals surface area contributed by atoms with Gasteiger partial charge in [0, 0.05) is 35.4 Å². The number of aliphatic hydroxyl groups is 1. The monoisotopic (exact) mass is 560 g/mol. The van der Waals surface area contributed by atoms with Gasteiger partial charge in [-0.15, -0.1) is 0 Å². The topological polar surface area (TPSA) is 67.2 Å². The van der Waals surface area contributed by atoms with Gasteiger partial charge in [0.15, 0.2) is 6.54 Å². The summed E-state index contributed by atoms with van der Waals surface area (Å²) < 4.78 is 41.1. The standard InChI is InChI=1S/C31H25N2O3.BF4/c34-31(26-17-10-18-28(19-26)33(35)36)22-32-29(24-13-6-2-7-14-24)20-27(23-11-4-1-5-12-23)21-30(32)25-15-8-3-9-16-25;2-1(3,4)5/h1-21,31,34H,22H2;/q+1;-1. The van der Waals surface area contributed by atoms with Crippen molar-refractivity contribution >= 4 is 12.9 Å². The zero-order chi connectivity index (χ0) is 29.4. The van der Waals surface area contributed by atoms with Gasteiger partial charge in [0.05, 0.1) is 4.92 Å². The molecule has 1 aromatic heterocycles. The van der Waals surface area contributed by atoms with Gasteiger partial charge >= 0.3 is 7.25 Å². The molecule has 0 bridgehead atoms. The van der Waals surface area contributed by atoms with E-state index in [9.17, 15) is 32.5 Å². The van der Waals surface area contributed by atoms with Gasteiger partial charge in [0.2, 0.25) is 11.4 Å². The highest BCUT2D eigenvalue weighted by Gasteiger charge is 2.26. The molecular weight excluding hydrogens is 535 g/mol. The minimum atomic E-state index is -6.00. The Morgan fingerprint density at radius 1 is 0.659 bits per heavy atom. The summed E-state index contributed by atoms with van der Waals surface area (Å²) in [5, 5.41) is 22.6. The average molecular weight is 560 g/mol. The molecule has 1 unspecified atom stereocenters. The number of nitro groups is 1. The Hall–Kier alpha value is -4.83. The summed E-state index contributed by atoms with van der Waals surface area (Å²) in [6.45, 7) is 0.227. The van der Waals surface area contributed by atoms with E-state index in [0.29, 0.717) is 5.56 Å². The number of hydrogen-bond donors (Lipinski definition) is 1. The fourth-order valence-corrected chi connectivity index (χ4v) is 4.44. The fraction of sp³-hybridized carbons (Fsp3) is 0.0645. The van der Waals surface area contributed by atoms with E-state index in [1.165, 1.54) is 12.1 Å². The van der Waals surface area contributed by atoms with Crippen molar-refractivity contribution in [1.29, 1.82) is 0 Å². The molecule has 0 spiro atoms. The highest BCUT2D eigenvalue weighted by molar-refractivity contribution is 6.50. The van der Waals surface area contributed by atoms with E-state index in [4.69, 9.17) is 0 Å². The summed E-state index contributed by atoms with van der Waals surface area (Å²) in [6.07, 6.45) is -0.942. The number of benzene rings is 4. The first-order valence-electron chi connectivity index (χ1n) is 12.6. The van der Waals surface area contributed by atoms with Crippen molar-refractivity contribution in [1.82, 2.24) is 0 Å². The largest absolute Gasteiger partial charge is 0.673 e. The lowest BCUT2D eigenvalue weighted by Gasteiger charge is -2.15. The van der Waals surface area contributed by atoms with Crippen LogP contribution in [0.4, 0.5) is 23.0 Å². The van der Waals surface area contributed by atoms with Crippen molar-refractivity contribution < 1.29 is 31.9 Å². The molecule has 41 heavy (non-hydrogen) atoms. The van der Waals surface area contributed by atoms with Crippen molar-refractivity contribution in [2.45, 2.75) is 12.6 Å². The molecule has 4 aromatic carbocycles. The SMILES string of the molecule is F[B-](F)(F)F.O=[N+]([O-])c1cccc(C(O)C[n+]2c(-c3ccccc3)cc(-c3ccccc3)cc2-c2ccccc2)c1. The minimum Gasteiger partial charge on any atom is -0.418 e. The maximum absolute atomic E-state index is 11.3. The third-order valence-corrected chi connectivity index (χ3v) is 6.23. The predicted octanol–water partition coefficient (Wildman–Crippen LogP) is 7.92. The maximum atomic E-state index is 11.3. The van der Waals surface area contributed by atoms with Gasteiger partial charge in [-0.3, -0.25) is 10.1 Å². The number of aromatic nitrogens is 1. The smallest absolute Gasteiger partial charge is 0.418 e. The van der Waals surface area contributed by atoms with Crippen LogP contribution in [0.3, 0.4) is 0 Å². The van der Waals surface area contributed by atoms with E-state index in [2.05, 4.69) is 53.1 Å². The summed E-state index contributed by atoms with van der Waals surface area (Å²) >= 11 is 0. The van der Waals surface area contributed by atoms with Crippen LogP contribution in [-0.4, -0.2) is 17.3 Å². The quantitative estimate of drug-likeness (QED) is 0.0723. The van der Waals surface area contributed by atoms with Crippen molar-refractivity contribution in [3.63, 3.8) is 0 Å². The van der Waals surface area contributed by atoms with Crippen molar-refractivity contribution in [2.75, 3.05) is 0 Å². The Kier molecular flexibility index (Phi) is 9.26. The van der Waals surface area contributed by atoms with Crippen LogP contribution in [-0.2, 0) is 6.54 Å². The molecule has 0 saturated carbocycles. The molecule has 0 aliphatic heterocycles. The molecule has 5 nitrogen and oxygen atoms in total. The van der Waals surface area contributed by atoms with E-state index >= 15 is 0 Å². The number of rotatable bonds is 7. The zero-order valence-corrected chi connectivity index (χ0v) is 21.7. The van der Waals surface area contributed by atoms with E-state index in [1.807, 2.05) is 54.6 Å². The molecule has 0 saturated heterocycles. The molecule has 0 radical (unpaired) electrons. The molecule has 1 heterocycles. The van der Waals surface area contributed by atoms with Crippen molar-refractivity contribution in [2.24, 2.45) is 0 Å². The summed E-state index contributed by atoms with van der Waals surface area (Å²) in [7, 11) is -6.00. The van der Waals surface area contributed by atoms with Crippen molar-refractivity contribution in [3.05, 3.63) is 143 Å². The molecule has 5 aromatic rings. The Labute approximate surface area is 234 Å². The maximum Gasteiger partial charge on any atom is 0.673 e. The van der Waals surface area contributed by atoms with Crippen LogP contribution in [0.5, 0.6) is 0 Å². The molecule has 0 aliphatic rings. The second kappa shape index (κ2) is 13.0. The van der Waals surface area contributed by atoms with Crippen LogP contribution in [0.2, 0.25) is 0 Å². The summed E-state index contributed by atoms with van der Waals surface area (Å²) in [4.78, 5) is 10.9. The number of pyridine rings is 1. The molecule has 0 aliphatic carbocycles. The molecular formula is C31H25BF4N2O3. The normalized spacial score (nSPS) is 11.7. The van der Waals surface area contributed by atoms with Crippen LogP contribution in [0.1, 0.15) is 11.7 Å². The van der Waals surface area contributed by atoms with Crippen LogP contribution in [0.25, 0.3) is 33.6 Å². The lowest BCUT2D eigenvalue weighted by Crippen LogP contribution is -2.41. The first kappa shape index (κ1) is 29.2. The molecule has 0 amide bonds. The van der Waals surface area contributed by atoms with Gasteiger partial charge < -0.3 is 22.4 Å². The van der Waals surface area contributed by atoms with Crippen LogP contribution in [0.15, 0.2) is 127 Å². The van der Waals surface area contributed by atoms with E-state index in [-0.39, 0.29) is 12.2 Å². The summed E-state index contributed by atoms with van der Waals surface area (Å²) in [5.74, 6) is 0. The molecule has 10 heteroatoms. The Morgan fingerprint density at radius 3 is 1.54 bits per heavy atom. The highest BCUT2D eigenvalue weighted by atomic mass is 19.5. The molecule has 0 fully saturated rings. The number of halogens is 4. The Morgan fingerprint density at radius 2 is 1.10 bits per heavy atom. The summed E-state index contributed by atoms with van der Waals surface area (Å²) in [6, 6.07) is 40.8. The number of aliphatic hydroxyl groups excluding tert-OH is 1. The number of hydrogen-bond acceptors (Lipinski definition) is 3. The molecule has 208 valence electrons. The van der Waals surface area contributed by atoms with Gasteiger partial charge in [-0.1, -0.05) is 78.9 Å². The number of nitrogens with zero attached hydrogens (tertiary/aromatic N) is 2. The first-order valence-corrected chi connectivity index (χ1v) is 12.6. The lowest BCUT2D eigenvalue weighted by molar-refractivity contribution is -0.683. The van der Waals surface area contributed by atoms with Gasteiger partial charge in [-0.05, 0) is 41.0 Å². The van der Waals surface area contributed by atoms with E-state index < -0.39 is 18.3 Å². The number of nitro benzene ring substituents is 1. The molecule has 5 rings (SSSR count). The summed E-state index contributed by atoms with van der Waals surface area (Å²) in [5.41, 5.74) is 6.54. The highest BCUT2D eigenvalue weighted by Crippen LogP contribution is 2.30. The van der Waals surface area contributed by atoms with Crippen LogP contribution in [0, 0.1) is 10.1 Å². The van der Waals surface area contributed by atoms with Crippen LogP contribution >= 0.6 is 0 Å². The fourth-order valence-electron chi connectivity index (χ4n) is 4.44. The molecule has 1 N–H and O–H groups in total. The van der Waals surface area contributed by atoms with E-state index in [0.717, 1.165) is 33.6 Å². The van der Waals surface area contributed by atoms with Gasteiger partial charge in [-0.25, -0.2) is 0 Å². The molecule has 1 atom stereocenters. The second-order valence-electron chi connectivity index (χ2n) is 9.09. The van der Waals surface area contributed by atoms with E-state index in [1.54, 1.807) is 12.1 Å². The van der Waals surface area contributed by atoms with Crippen molar-refractivity contribution in [3.8, 4) is 33.6 Å². The van der Waals surface area contributed by atoms with Crippen LogP contribution < -0.4 is 4.57 Å². The first-order chi connectivity index (χ1) is 19.6. The van der Waals surface area contributed by atoms with Gasteiger partial charge in [0.1, 0.15) is 6.10 Å². The Balaban J connectivity index is 0.000000714. The third kappa shape index (κ3) is 8.09. The van der Waals surface area contributed by atoms with Gasteiger partial charge in [0.25, 0.3) is 5.69 Å². The number of non-ortho nitro benzene ring substituents is 1. The average Bonchev–Trinajstić information content (AvgIpc) is 2.97. The van der Waals surface area contributed by atoms with Gasteiger partial charge in [-0.2, -0.15) is 4.57 Å². The Bertz CT molecular complexity index is 1540. The second-order valence-corrected chi connectivity index (χ2v) is 9.09. The zero-order valence-electron chi connectivity index (χ0n) is 21.7. The third-order valence-electron chi connectivity index (χ3n) is 6.23. The predicted molar refractivity (Wildman–Crippen MR) is 151 cm³/mol. The minimum absolute atomic E-state index is 0.0393.